The second-order valence-corrected chi connectivity index (χ2v) is 4.71. The molecule has 2 N–H and O–H groups in total. The summed E-state index contributed by atoms with van der Waals surface area (Å²) in [5.41, 5.74) is 1.32. The van der Waals surface area contributed by atoms with Crippen molar-refractivity contribution in [2.45, 2.75) is 6.92 Å². The molecule has 0 fully saturated rings. The Bertz CT molecular complexity index is 777. The Morgan fingerprint density at radius 3 is 2.33 bits per heavy atom. The van der Waals surface area contributed by atoms with Crippen molar-refractivity contribution in [2.75, 3.05) is 11.9 Å². The molecular weight excluding hydrogens is 330 g/mol. The number of carboxylic acid groups (broad SMARTS) is 1. The van der Waals surface area contributed by atoms with Crippen LogP contribution >= 0.6 is 11.6 Å². The highest BCUT2D eigenvalue weighted by Crippen LogP contribution is 2.19. The van der Waals surface area contributed by atoms with Crippen LogP contribution in [-0.4, -0.2) is 17.8 Å². The standard InChI is InChI=1S/C9H9NO.C8H5ClN2O2/c1-2-11-9-5-3-8(7-10)4-6-9;9-7-3-6(11-8(12)13)2-1-5(7)4-10/h3-6H,2H2,1H3;1-3,11H,(H,12,13). The summed E-state index contributed by atoms with van der Waals surface area (Å²) in [5.74, 6) is 0.812. The van der Waals surface area contributed by atoms with E-state index < -0.39 is 6.09 Å². The minimum atomic E-state index is -1.17. The van der Waals surface area contributed by atoms with Crippen molar-refractivity contribution in [1.82, 2.24) is 0 Å². The molecule has 2 rings (SSSR count). The average molecular weight is 344 g/mol. The van der Waals surface area contributed by atoms with Crippen molar-refractivity contribution in [3.8, 4) is 17.9 Å². The molecule has 0 bridgehead atoms. The van der Waals surface area contributed by atoms with Crippen LogP contribution < -0.4 is 10.1 Å². The number of nitriles is 2. The summed E-state index contributed by atoms with van der Waals surface area (Å²) < 4.78 is 5.20. The zero-order valence-electron chi connectivity index (χ0n) is 12.8. The lowest BCUT2D eigenvalue weighted by atomic mass is 10.2. The topological polar surface area (TPSA) is 106 Å². The average Bonchev–Trinajstić information content (AvgIpc) is 2.56. The molecule has 0 heterocycles. The van der Waals surface area contributed by atoms with Crippen LogP contribution in [0.3, 0.4) is 0 Å². The van der Waals surface area contributed by atoms with E-state index in [2.05, 4.69) is 5.32 Å². The zero-order chi connectivity index (χ0) is 17.9. The van der Waals surface area contributed by atoms with E-state index in [9.17, 15) is 4.79 Å². The molecule has 0 saturated heterocycles. The smallest absolute Gasteiger partial charge is 0.409 e. The van der Waals surface area contributed by atoms with Crippen molar-refractivity contribution < 1.29 is 14.6 Å². The maximum absolute atomic E-state index is 10.2. The number of anilines is 1. The van der Waals surface area contributed by atoms with Gasteiger partial charge in [0.2, 0.25) is 0 Å². The van der Waals surface area contributed by atoms with Crippen molar-refractivity contribution in [3.63, 3.8) is 0 Å². The van der Waals surface area contributed by atoms with E-state index in [1.807, 2.05) is 19.1 Å². The normalized spacial score (nSPS) is 8.83. The van der Waals surface area contributed by atoms with Crippen molar-refractivity contribution in [1.29, 1.82) is 10.5 Å². The number of carbonyl (C=O) groups is 1. The van der Waals surface area contributed by atoms with Crippen LogP contribution in [0.1, 0.15) is 18.1 Å². The molecule has 1 amide bonds. The van der Waals surface area contributed by atoms with E-state index in [0.717, 1.165) is 5.75 Å². The van der Waals surface area contributed by atoms with Gasteiger partial charge < -0.3 is 9.84 Å². The Balaban J connectivity index is 0.000000243. The highest BCUT2D eigenvalue weighted by atomic mass is 35.5. The number of nitrogens with zero attached hydrogens (tertiary/aromatic N) is 2. The fourth-order valence-corrected chi connectivity index (χ4v) is 1.82. The number of nitrogens with one attached hydrogen (secondary N) is 1. The van der Waals surface area contributed by atoms with Gasteiger partial charge in [-0.25, -0.2) is 4.79 Å². The molecule has 0 aliphatic rings. The van der Waals surface area contributed by atoms with Gasteiger partial charge in [-0.1, -0.05) is 11.6 Å². The summed E-state index contributed by atoms with van der Waals surface area (Å²) in [6, 6.07) is 15.3. The first-order valence-electron chi connectivity index (χ1n) is 6.82. The molecule has 0 atom stereocenters. The summed E-state index contributed by atoms with van der Waals surface area (Å²) >= 11 is 5.66. The molecule has 0 aliphatic heterocycles. The maximum Gasteiger partial charge on any atom is 0.409 e. The Kier molecular flexibility index (Phi) is 7.63. The molecule has 122 valence electrons. The minimum Gasteiger partial charge on any atom is -0.494 e. The van der Waals surface area contributed by atoms with Crippen LogP contribution in [0.15, 0.2) is 42.5 Å². The number of benzene rings is 2. The van der Waals surface area contributed by atoms with Gasteiger partial charge in [0.1, 0.15) is 11.8 Å². The van der Waals surface area contributed by atoms with Crippen LogP contribution in [0, 0.1) is 22.7 Å². The second-order valence-electron chi connectivity index (χ2n) is 4.31. The largest absolute Gasteiger partial charge is 0.494 e. The van der Waals surface area contributed by atoms with E-state index in [1.54, 1.807) is 24.3 Å². The van der Waals surface area contributed by atoms with Gasteiger partial charge in [-0.15, -0.1) is 0 Å². The van der Waals surface area contributed by atoms with E-state index in [4.69, 9.17) is 32.0 Å². The lowest BCUT2D eigenvalue weighted by molar-refractivity contribution is 0.210. The molecule has 0 spiro atoms. The number of hydrogen-bond donors (Lipinski definition) is 2. The Labute approximate surface area is 144 Å². The molecule has 24 heavy (non-hydrogen) atoms. The summed E-state index contributed by atoms with van der Waals surface area (Å²) in [6.07, 6.45) is -1.17. The summed E-state index contributed by atoms with van der Waals surface area (Å²) in [4.78, 5) is 10.2. The van der Waals surface area contributed by atoms with Gasteiger partial charge in [-0.2, -0.15) is 10.5 Å². The van der Waals surface area contributed by atoms with E-state index >= 15 is 0 Å². The third kappa shape index (κ3) is 6.27. The highest BCUT2D eigenvalue weighted by molar-refractivity contribution is 6.32. The van der Waals surface area contributed by atoms with Crippen LogP contribution in [0.4, 0.5) is 10.5 Å². The van der Waals surface area contributed by atoms with Crippen LogP contribution in [0.5, 0.6) is 5.75 Å². The van der Waals surface area contributed by atoms with Crippen LogP contribution in [0.2, 0.25) is 5.02 Å². The lowest BCUT2D eigenvalue weighted by Crippen LogP contribution is -2.06. The van der Waals surface area contributed by atoms with Gasteiger partial charge in [-0.3, -0.25) is 5.32 Å². The molecule has 0 saturated carbocycles. The highest BCUT2D eigenvalue weighted by Gasteiger charge is 2.02. The van der Waals surface area contributed by atoms with Gasteiger partial charge in [-0.05, 0) is 49.4 Å². The first-order chi connectivity index (χ1) is 11.5. The number of halogens is 1. The van der Waals surface area contributed by atoms with E-state index in [1.165, 1.54) is 18.2 Å². The van der Waals surface area contributed by atoms with E-state index in [0.29, 0.717) is 23.4 Å². The summed E-state index contributed by atoms with van der Waals surface area (Å²) in [6.45, 7) is 2.59. The third-order valence-electron chi connectivity index (χ3n) is 2.64. The van der Waals surface area contributed by atoms with Gasteiger partial charge in [0.05, 0.1) is 28.8 Å². The molecule has 6 nitrogen and oxygen atoms in total. The first-order valence-corrected chi connectivity index (χ1v) is 7.20. The van der Waals surface area contributed by atoms with Crippen LogP contribution in [-0.2, 0) is 0 Å². The quantitative estimate of drug-likeness (QED) is 0.866. The fraction of sp³-hybridized carbons (Fsp3) is 0.118. The predicted octanol–water partition coefficient (Wildman–Crippen LogP) is 4.26. The zero-order valence-corrected chi connectivity index (χ0v) is 13.5. The van der Waals surface area contributed by atoms with Gasteiger partial charge in [0.15, 0.2) is 0 Å². The number of amides is 1. The minimum absolute atomic E-state index is 0.230. The van der Waals surface area contributed by atoms with Gasteiger partial charge in [0.25, 0.3) is 0 Å². The summed E-state index contributed by atoms with van der Waals surface area (Å²) in [5, 5.41) is 27.7. The van der Waals surface area contributed by atoms with Crippen molar-refractivity contribution >= 4 is 23.4 Å². The van der Waals surface area contributed by atoms with E-state index in [-0.39, 0.29) is 5.02 Å². The van der Waals surface area contributed by atoms with Crippen molar-refractivity contribution in [3.05, 3.63) is 58.6 Å². The monoisotopic (exact) mass is 343 g/mol. The third-order valence-corrected chi connectivity index (χ3v) is 2.95. The first kappa shape index (κ1) is 18.8. The fourth-order valence-electron chi connectivity index (χ4n) is 1.60. The van der Waals surface area contributed by atoms with Crippen LogP contribution in [0.25, 0.3) is 0 Å². The molecular formula is C17H14ClN3O3. The second kappa shape index (κ2) is 9.73. The Hall–Kier alpha value is -3.22. The van der Waals surface area contributed by atoms with Gasteiger partial charge in [0, 0.05) is 5.69 Å². The predicted molar refractivity (Wildman–Crippen MR) is 90.1 cm³/mol. The SMILES string of the molecule is CCOc1ccc(C#N)cc1.N#Cc1ccc(NC(=O)O)cc1Cl. The summed E-state index contributed by atoms with van der Waals surface area (Å²) in [7, 11) is 0. The number of rotatable bonds is 3. The number of hydrogen-bond acceptors (Lipinski definition) is 4. The Morgan fingerprint density at radius 1 is 1.21 bits per heavy atom. The van der Waals surface area contributed by atoms with Gasteiger partial charge >= 0.3 is 6.09 Å². The van der Waals surface area contributed by atoms with Crippen molar-refractivity contribution in [2.24, 2.45) is 0 Å². The molecule has 0 unspecified atom stereocenters. The Morgan fingerprint density at radius 2 is 1.88 bits per heavy atom. The molecule has 2 aromatic rings. The molecule has 0 aromatic heterocycles. The molecule has 0 aliphatic carbocycles. The molecule has 7 heteroatoms. The molecule has 2 aromatic carbocycles. The maximum atomic E-state index is 10.2. The number of ether oxygens (including phenoxy) is 1. The molecule has 0 radical (unpaired) electrons. The lowest BCUT2D eigenvalue weighted by Gasteiger charge is -2.01.